The fraction of sp³-hybridized carbons (Fsp3) is 0.778. The summed E-state index contributed by atoms with van der Waals surface area (Å²) in [4.78, 5) is 0. The number of ether oxygens (including phenoxy) is 1. The van der Waals surface area contributed by atoms with Crippen LogP contribution in [0.4, 0.5) is 0 Å². The summed E-state index contributed by atoms with van der Waals surface area (Å²) >= 11 is 0. The van der Waals surface area contributed by atoms with Crippen molar-refractivity contribution in [3.63, 3.8) is 0 Å². The van der Waals surface area contributed by atoms with Crippen LogP contribution >= 0.6 is 0 Å². The summed E-state index contributed by atoms with van der Waals surface area (Å²) in [5.41, 5.74) is 1.29. The van der Waals surface area contributed by atoms with E-state index in [2.05, 4.69) is 6.58 Å². The van der Waals surface area contributed by atoms with Gasteiger partial charge in [-0.1, -0.05) is 19.4 Å². The zero-order chi connectivity index (χ0) is 7.40. The first-order valence-corrected chi connectivity index (χ1v) is 4.05. The normalized spacial score (nSPS) is 28.1. The molecule has 0 radical (unpaired) electrons. The van der Waals surface area contributed by atoms with Crippen LogP contribution in [0.5, 0.6) is 0 Å². The van der Waals surface area contributed by atoms with Gasteiger partial charge in [0.05, 0.1) is 6.10 Å². The van der Waals surface area contributed by atoms with Gasteiger partial charge in [-0.2, -0.15) is 0 Å². The van der Waals surface area contributed by atoms with Gasteiger partial charge in [-0.3, -0.25) is 0 Å². The third-order valence-corrected chi connectivity index (χ3v) is 2.20. The molecule has 0 spiro atoms. The van der Waals surface area contributed by atoms with Crippen molar-refractivity contribution in [3.8, 4) is 0 Å². The molecule has 1 rings (SSSR count). The molecule has 0 amide bonds. The van der Waals surface area contributed by atoms with E-state index < -0.39 is 0 Å². The highest BCUT2D eigenvalue weighted by atomic mass is 16.5. The van der Waals surface area contributed by atoms with Crippen LogP contribution in [0.3, 0.4) is 0 Å². The predicted molar refractivity (Wildman–Crippen MR) is 43.0 cm³/mol. The maximum atomic E-state index is 5.28. The van der Waals surface area contributed by atoms with Crippen LogP contribution in [0.25, 0.3) is 0 Å². The summed E-state index contributed by atoms with van der Waals surface area (Å²) in [5, 5.41) is 0. The number of rotatable bonds is 1. The summed E-state index contributed by atoms with van der Waals surface area (Å²) in [6.07, 6.45) is 6.64. The molecule has 0 saturated heterocycles. The third-order valence-electron chi connectivity index (χ3n) is 2.20. The van der Waals surface area contributed by atoms with Crippen LogP contribution in [0.15, 0.2) is 12.2 Å². The minimum absolute atomic E-state index is 0.350. The van der Waals surface area contributed by atoms with Crippen LogP contribution in [0, 0.1) is 0 Å². The van der Waals surface area contributed by atoms with Crippen LogP contribution < -0.4 is 0 Å². The van der Waals surface area contributed by atoms with Crippen LogP contribution in [-0.2, 0) is 4.74 Å². The molecule has 1 saturated carbocycles. The fourth-order valence-corrected chi connectivity index (χ4v) is 1.51. The monoisotopic (exact) mass is 140 g/mol. The average molecular weight is 140 g/mol. The average Bonchev–Trinajstić information content (AvgIpc) is 2.13. The zero-order valence-corrected chi connectivity index (χ0v) is 6.73. The Morgan fingerprint density at radius 3 is 2.90 bits per heavy atom. The van der Waals surface area contributed by atoms with E-state index in [-0.39, 0.29) is 0 Å². The van der Waals surface area contributed by atoms with Gasteiger partial charge in [0.1, 0.15) is 0 Å². The molecule has 0 bridgehead atoms. The molecule has 10 heavy (non-hydrogen) atoms. The van der Waals surface area contributed by atoms with E-state index in [0.29, 0.717) is 6.10 Å². The Labute approximate surface area is 63.1 Å². The highest BCUT2D eigenvalue weighted by Gasteiger charge is 2.13. The second-order valence-corrected chi connectivity index (χ2v) is 2.98. The molecule has 1 aliphatic rings. The lowest BCUT2D eigenvalue weighted by Gasteiger charge is -2.13. The van der Waals surface area contributed by atoms with E-state index in [1.807, 2.05) is 0 Å². The molecular formula is C9H16O. The van der Waals surface area contributed by atoms with Crippen molar-refractivity contribution in [1.82, 2.24) is 0 Å². The lowest BCUT2D eigenvalue weighted by Crippen LogP contribution is -2.10. The van der Waals surface area contributed by atoms with Crippen molar-refractivity contribution in [2.24, 2.45) is 0 Å². The van der Waals surface area contributed by atoms with Gasteiger partial charge in [0.15, 0.2) is 0 Å². The van der Waals surface area contributed by atoms with Gasteiger partial charge >= 0.3 is 0 Å². The van der Waals surface area contributed by atoms with E-state index in [9.17, 15) is 0 Å². The smallest absolute Gasteiger partial charge is 0.0778 e. The van der Waals surface area contributed by atoms with Gasteiger partial charge in [0, 0.05) is 7.11 Å². The molecule has 0 aliphatic heterocycles. The lowest BCUT2D eigenvalue weighted by atomic mass is 10.1. The van der Waals surface area contributed by atoms with E-state index in [4.69, 9.17) is 4.74 Å². The van der Waals surface area contributed by atoms with E-state index >= 15 is 0 Å². The van der Waals surface area contributed by atoms with Gasteiger partial charge in [-0.25, -0.2) is 0 Å². The molecule has 1 unspecified atom stereocenters. The highest BCUT2D eigenvalue weighted by molar-refractivity contribution is 5.03. The van der Waals surface area contributed by atoms with Crippen molar-refractivity contribution in [3.05, 3.63) is 12.2 Å². The Hall–Kier alpha value is -0.300. The minimum atomic E-state index is 0.350. The Bertz CT molecular complexity index is 118. The second kappa shape index (κ2) is 3.77. The quantitative estimate of drug-likeness (QED) is 0.401. The van der Waals surface area contributed by atoms with Gasteiger partial charge in [0.2, 0.25) is 0 Å². The predicted octanol–water partition coefficient (Wildman–Crippen LogP) is 2.52. The summed E-state index contributed by atoms with van der Waals surface area (Å²) in [6.45, 7) is 4.00. The van der Waals surface area contributed by atoms with Crippen molar-refractivity contribution in [1.29, 1.82) is 0 Å². The first-order chi connectivity index (χ1) is 4.84. The SMILES string of the molecule is C=C1CCCCCC1OC. The van der Waals surface area contributed by atoms with E-state index in [0.717, 1.165) is 0 Å². The van der Waals surface area contributed by atoms with Crippen molar-refractivity contribution < 1.29 is 4.74 Å². The largest absolute Gasteiger partial charge is 0.377 e. The van der Waals surface area contributed by atoms with Crippen LogP contribution in [-0.4, -0.2) is 13.2 Å². The van der Waals surface area contributed by atoms with Gasteiger partial charge < -0.3 is 4.74 Å². The fourth-order valence-electron chi connectivity index (χ4n) is 1.51. The highest BCUT2D eigenvalue weighted by Crippen LogP contribution is 2.22. The van der Waals surface area contributed by atoms with Crippen LogP contribution in [0.1, 0.15) is 32.1 Å². The zero-order valence-electron chi connectivity index (χ0n) is 6.73. The third kappa shape index (κ3) is 1.84. The molecule has 0 aromatic heterocycles. The molecule has 58 valence electrons. The van der Waals surface area contributed by atoms with Crippen molar-refractivity contribution in [2.75, 3.05) is 7.11 Å². The maximum absolute atomic E-state index is 5.28. The molecule has 1 fully saturated rings. The Balaban J connectivity index is 2.43. The van der Waals surface area contributed by atoms with Crippen LogP contribution in [0.2, 0.25) is 0 Å². The van der Waals surface area contributed by atoms with E-state index in [1.54, 1.807) is 7.11 Å². The molecule has 1 atom stereocenters. The molecule has 1 nitrogen and oxygen atoms in total. The summed E-state index contributed by atoms with van der Waals surface area (Å²) in [6, 6.07) is 0. The Morgan fingerprint density at radius 1 is 1.40 bits per heavy atom. The molecular weight excluding hydrogens is 124 g/mol. The second-order valence-electron chi connectivity index (χ2n) is 2.98. The number of methoxy groups -OCH3 is 1. The summed E-state index contributed by atoms with van der Waals surface area (Å²) < 4.78 is 5.28. The van der Waals surface area contributed by atoms with Gasteiger partial charge in [-0.05, 0) is 24.8 Å². The number of hydrogen-bond donors (Lipinski definition) is 0. The first kappa shape index (κ1) is 7.80. The molecule has 0 aromatic carbocycles. The van der Waals surface area contributed by atoms with Crippen molar-refractivity contribution in [2.45, 2.75) is 38.2 Å². The Morgan fingerprint density at radius 2 is 2.20 bits per heavy atom. The molecule has 0 N–H and O–H groups in total. The van der Waals surface area contributed by atoms with Gasteiger partial charge in [0.25, 0.3) is 0 Å². The minimum Gasteiger partial charge on any atom is -0.377 e. The molecule has 0 aromatic rings. The number of hydrogen-bond acceptors (Lipinski definition) is 1. The Kier molecular flexibility index (Phi) is 2.94. The summed E-state index contributed by atoms with van der Waals surface area (Å²) in [5.74, 6) is 0. The van der Waals surface area contributed by atoms with E-state index in [1.165, 1.54) is 37.7 Å². The first-order valence-electron chi connectivity index (χ1n) is 4.05. The van der Waals surface area contributed by atoms with Gasteiger partial charge in [-0.15, -0.1) is 0 Å². The summed E-state index contributed by atoms with van der Waals surface area (Å²) in [7, 11) is 1.78. The lowest BCUT2D eigenvalue weighted by molar-refractivity contribution is 0.124. The standard InChI is InChI=1S/C9H16O/c1-8-6-4-3-5-7-9(8)10-2/h9H,1,3-7H2,2H3. The maximum Gasteiger partial charge on any atom is 0.0778 e. The van der Waals surface area contributed by atoms with Crippen molar-refractivity contribution >= 4 is 0 Å². The molecule has 1 aliphatic carbocycles. The topological polar surface area (TPSA) is 9.23 Å². The molecule has 1 heteroatoms. The molecule has 0 heterocycles.